The first-order chi connectivity index (χ1) is 9.78. The Morgan fingerprint density at radius 1 is 1.32 bits per heavy atom. The van der Waals surface area contributed by atoms with Crippen molar-refractivity contribution in [1.82, 2.24) is 20.5 Å². The number of amides is 1. The Labute approximate surface area is 142 Å². The van der Waals surface area contributed by atoms with Crippen LogP contribution in [-0.2, 0) is 17.8 Å². The smallest absolute Gasteiger partial charge is 0.224 e. The number of hydrogen-bond donors (Lipinski definition) is 3. The van der Waals surface area contributed by atoms with Gasteiger partial charge in [0.05, 0.1) is 0 Å². The molecule has 0 spiro atoms. The van der Waals surface area contributed by atoms with Gasteiger partial charge in [0.25, 0.3) is 0 Å². The molecule has 0 saturated heterocycles. The largest absolute Gasteiger partial charge is 0.326 e. The highest BCUT2D eigenvalue weighted by atomic mass is 35.5. The lowest BCUT2D eigenvalue weighted by molar-refractivity contribution is -0.116. The van der Waals surface area contributed by atoms with Crippen molar-refractivity contribution in [3.8, 4) is 0 Å². The second-order valence-corrected chi connectivity index (χ2v) is 4.46. The summed E-state index contributed by atoms with van der Waals surface area (Å²) in [6, 6.07) is 7.85. The first-order valence-corrected chi connectivity index (χ1v) is 6.71. The van der Waals surface area contributed by atoms with Crippen molar-refractivity contribution < 1.29 is 4.79 Å². The molecule has 6 nitrogen and oxygen atoms in total. The van der Waals surface area contributed by atoms with Gasteiger partial charge in [-0.1, -0.05) is 19.1 Å². The first kappa shape index (κ1) is 20.4. The average molecular weight is 346 g/mol. The van der Waals surface area contributed by atoms with Gasteiger partial charge >= 0.3 is 0 Å². The molecule has 8 heteroatoms. The van der Waals surface area contributed by atoms with Gasteiger partial charge in [0, 0.05) is 25.1 Å². The normalized spacial score (nSPS) is 9.50. The molecule has 0 fully saturated rings. The van der Waals surface area contributed by atoms with Gasteiger partial charge in [0.2, 0.25) is 5.91 Å². The van der Waals surface area contributed by atoms with Crippen LogP contribution in [0.15, 0.2) is 30.6 Å². The van der Waals surface area contributed by atoms with Crippen LogP contribution >= 0.6 is 24.8 Å². The first-order valence-electron chi connectivity index (χ1n) is 6.71. The summed E-state index contributed by atoms with van der Waals surface area (Å²) in [5.74, 6) is 0.697. The lowest BCUT2D eigenvalue weighted by Crippen LogP contribution is -2.14. The van der Waals surface area contributed by atoms with Crippen LogP contribution in [0.2, 0.25) is 0 Å². The summed E-state index contributed by atoms with van der Waals surface area (Å²) in [4.78, 5) is 15.8. The van der Waals surface area contributed by atoms with E-state index in [4.69, 9.17) is 0 Å². The fourth-order valence-electron chi connectivity index (χ4n) is 1.84. The Bertz CT molecular complexity index is 548. The van der Waals surface area contributed by atoms with E-state index < -0.39 is 0 Å². The van der Waals surface area contributed by atoms with E-state index in [-0.39, 0.29) is 30.7 Å². The standard InChI is InChI=1S/C14H19N5O.2ClH/c1-2-15-9-11-4-3-5-12(8-11)18-14(20)7-6-13-16-10-17-19-13;;/h3-5,8,10,15H,2,6-7,9H2,1H3,(H,18,20)(H,16,17,19);2*1H. The van der Waals surface area contributed by atoms with Crippen molar-refractivity contribution in [1.29, 1.82) is 0 Å². The highest BCUT2D eigenvalue weighted by Gasteiger charge is 2.05. The van der Waals surface area contributed by atoms with Crippen molar-refractivity contribution in [3.05, 3.63) is 42.0 Å². The Balaban J connectivity index is 0.00000220. The van der Waals surface area contributed by atoms with Crippen molar-refractivity contribution in [2.24, 2.45) is 0 Å². The quantitative estimate of drug-likeness (QED) is 0.719. The number of aryl methyl sites for hydroxylation is 1. The molecule has 0 aliphatic heterocycles. The van der Waals surface area contributed by atoms with Crippen LogP contribution in [0.5, 0.6) is 0 Å². The Hall–Kier alpha value is -1.63. The van der Waals surface area contributed by atoms with Crippen LogP contribution in [0.25, 0.3) is 0 Å². The molecule has 2 aromatic rings. The summed E-state index contributed by atoms with van der Waals surface area (Å²) in [6.07, 6.45) is 2.38. The van der Waals surface area contributed by atoms with Crippen LogP contribution in [0.1, 0.15) is 24.7 Å². The minimum absolute atomic E-state index is 0. The monoisotopic (exact) mass is 345 g/mol. The van der Waals surface area contributed by atoms with E-state index >= 15 is 0 Å². The van der Waals surface area contributed by atoms with Gasteiger partial charge in [-0.15, -0.1) is 24.8 Å². The molecule has 1 heterocycles. The van der Waals surface area contributed by atoms with Crippen LogP contribution in [0.4, 0.5) is 5.69 Å². The highest BCUT2D eigenvalue weighted by Crippen LogP contribution is 2.11. The maximum absolute atomic E-state index is 11.8. The van der Waals surface area contributed by atoms with Crippen LogP contribution in [0, 0.1) is 0 Å². The summed E-state index contributed by atoms with van der Waals surface area (Å²) in [5, 5.41) is 12.6. The number of aromatic amines is 1. The molecule has 1 amide bonds. The number of anilines is 1. The number of halogens is 2. The van der Waals surface area contributed by atoms with Gasteiger partial charge in [-0.2, -0.15) is 5.10 Å². The number of carbonyl (C=O) groups is 1. The molecule has 22 heavy (non-hydrogen) atoms. The topological polar surface area (TPSA) is 82.7 Å². The maximum atomic E-state index is 11.8. The lowest BCUT2D eigenvalue weighted by atomic mass is 10.2. The van der Waals surface area contributed by atoms with Crippen molar-refractivity contribution >= 4 is 36.4 Å². The molecule has 1 aromatic carbocycles. The molecule has 1 aromatic heterocycles. The van der Waals surface area contributed by atoms with E-state index in [9.17, 15) is 4.79 Å². The SMILES string of the molecule is CCNCc1cccc(NC(=O)CCc2ncn[nH]2)c1.Cl.Cl. The Morgan fingerprint density at radius 2 is 2.14 bits per heavy atom. The maximum Gasteiger partial charge on any atom is 0.224 e. The van der Waals surface area contributed by atoms with Gasteiger partial charge in [0.1, 0.15) is 12.2 Å². The number of aromatic nitrogens is 3. The minimum Gasteiger partial charge on any atom is -0.326 e. The molecule has 0 saturated carbocycles. The molecule has 2 rings (SSSR count). The summed E-state index contributed by atoms with van der Waals surface area (Å²) >= 11 is 0. The molecular weight excluding hydrogens is 325 g/mol. The number of carbonyl (C=O) groups excluding carboxylic acids is 1. The van der Waals surface area contributed by atoms with Crippen molar-refractivity contribution in [2.75, 3.05) is 11.9 Å². The number of rotatable bonds is 7. The fourth-order valence-corrected chi connectivity index (χ4v) is 1.84. The minimum atomic E-state index is -0.0259. The summed E-state index contributed by atoms with van der Waals surface area (Å²) < 4.78 is 0. The van der Waals surface area contributed by atoms with Crippen molar-refractivity contribution in [2.45, 2.75) is 26.3 Å². The van der Waals surface area contributed by atoms with Crippen LogP contribution < -0.4 is 10.6 Å². The van der Waals surface area contributed by atoms with Gasteiger partial charge in [-0.25, -0.2) is 4.98 Å². The molecule has 0 atom stereocenters. The third kappa shape index (κ3) is 6.89. The van der Waals surface area contributed by atoms with Gasteiger partial charge in [0.15, 0.2) is 0 Å². The van der Waals surface area contributed by atoms with Crippen molar-refractivity contribution in [3.63, 3.8) is 0 Å². The van der Waals surface area contributed by atoms with E-state index in [2.05, 4.69) is 32.7 Å². The molecule has 122 valence electrons. The van der Waals surface area contributed by atoms with Gasteiger partial charge in [-0.3, -0.25) is 9.89 Å². The summed E-state index contributed by atoms with van der Waals surface area (Å²) in [6.45, 7) is 3.79. The second kappa shape index (κ2) is 11.0. The number of nitrogens with zero attached hydrogens (tertiary/aromatic N) is 2. The van der Waals surface area contributed by atoms with E-state index in [1.807, 2.05) is 24.3 Å². The zero-order chi connectivity index (χ0) is 14.2. The number of H-pyrrole nitrogens is 1. The summed E-state index contributed by atoms with van der Waals surface area (Å²) in [5.41, 5.74) is 1.97. The average Bonchev–Trinajstić information content (AvgIpc) is 2.97. The number of nitrogens with one attached hydrogen (secondary N) is 3. The third-order valence-corrected chi connectivity index (χ3v) is 2.84. The molecule has 0 aliphatic rings. The molecular formula is C14H21Cl2N5O. The zero-order valence-electron chi connectivity index (χ0n) is 12.3. The van der Waals surface area contributed by atoms with Gasteiger partial charge < -0.3 is 10.6 Å². The van der Waals surface area contributed by atoms with Crippen LogP contribution in [0.3, 0.4) is 0 Å². The van der Waals surface area contributed by atoms with E-state index in [1.54, 1.807) is 0 Å². The summed E-state index contributed by atoms with van der Waals surface area (Å²) in [7, 11) is 0. The van der Waals surface area contributed by atoms with Crippen LogP contribution in [-0.4, -0.2) is 27.6 Å². The Kier molecular flexibility index (Phi) is 10.2. The van der Waals surface area contributed by atoms with E-state index in [0.29, 0.717) is 12.8 Å². The fraction of sp³-hybridized carbons (Fsp3) is 0.357. The highest BCUT2D eigenvalue weighted by molar-refractivity contribution is 5.90. The molecule has 0 bridgehead atoms. The third-order valence-electron chi connectivity index (χ3n) is 2.84. The Morgan fingerprint density at radius 3 is 2.82 bits per heavy atom. The predicted molar refractivity (Wildman–Crippen MR) is 91.7 cm³/mol. The molecule has 0 radical (unpaired) electrons. The molecule has 0 aliphatic carbocycles. The van der Waals surface area contributed by atoms with Gasteiger partial charge in [-0.05, 0) is 24.2 Å². The van der Waals surface area contributed by atoms with E-state index in [0.717, 1.165) is 30.2 Å². The lowest BCUT2D eigenvalue weighted by Gasteiger charge is -2.07. The molecule has 0 unspecified atom stereocenters. The van der Waals surface area contributed by atoms with E-state index in [1.165, 1.54) is 6.33 Å². The second-order valence-electron chi connectivity index (χ2n) is 4.46. The zero-order valence-corrected chi connectivity index (χ0v) is 14.0. The predicted octanol–water partition coefficient (Wildman–Crippen LogP) is 2.33. The molecule has 3 N–H and O–H groups in total. The number of hydrogen-bond acceptors (Lipinski definition) is 4. The number of benzene rings is 1.